The normalized spacial score (nSPS) is 11.0. The van der Waals surface area contributed by atoms with Crippen LogP contribution >= 0.6 is 23.1 Å². The van der Waals surface area contributed by atoms with E-state index < -0.39 is 17.0 Å². The van der Waals surface area contributed by atoms with Crippen LogP contribution in [0.1, 0.15) is 15.9 Å². The molecule has 31 heavy (non-hydrogen) atoms. The van der Waals surface area contributed by atoms with Crippen LogP contribution in [0.4, 0.5) is 5.82 Å². The topological polar surface area (TPSA) is 126 Å². The number of carbonyl (C=O) groups excluding carboxylic acids is 1. The van der Waals surface area contributed by atoms with Crippen molar-refractivity contribution in [2.45, 2.75) is 11.8 Å². The Morgan fingerprint density at radius 3 is 2.65 bits per heavy atom. The molecule has 11 heteroatoms. The molecule has 2 N–H and O–H groups in total. The highest BCUT2D eigenvalue weighted by Crippen LogP contribution is 2.26. The molecular formula is C20H17N5O4S2. The second-order valence-corrected chi connectivity index (χ2v) is 8.42. The molecule has 158 valence electrons. The zero-order valence-electron chi connectivity index (χ0n) is 16.3. The summed E-state index contributed by atoms with van der Waals surface area (Å²) in [5.41, 5.74) is 5.37. The number of carbonyl (C=O) groups is 1. The molecule has 0 unspecified atom stereocenters. The first-order valence-electron chi connectivity index (χ1n) is 9.12. The highest BCUT2D eigenvalue weighted by molar-refractivity contribution is 7.99. The minimum Gasteiger partial charge on any atom is -0.410 e. The number of hydrogen-bond donors (Lipinski definition) is 1. The monoisotopic (exact) mass is 455 g/mol. The number of aromatic nitrogens is 4. The number of nitrogen functional groups attached to an aromatic ring is 1. The molecule has 1 aromatic carbocycles. The van der Waals surface area contributed by atoms with Crippen LogP contribution in [0.3, 0.4) is 0 Å². The second-order valence-electron chi connectivity index (χ2n) is 6.54. The molecule has 9 nitrogen and oxygen atoms in total. The van der Waals surface area contributed by atoms with Crippen molar-refractivity contribution < 1.29 is 9.21 Å². The summed E-state index contributed by atoms with van der Waals surface area (Å²) in [6, 6.07) is 12.9. The molecule has 0 fully saturated rings. The third-order valence-corrected chi connectivity index (χ3v) is 6.19. The van der Waals surface area contributed by atoms with E-state index in [1.54, 1.807) is 0 Å². The highest BCUT2D eigenvalue weighted by atomic mass is 32.2. The first-order valence-corrected chi connectivity index (χ1v) is 11.0. The van der Waals surface area contributed by atoms with Gasteiger partial charge in [0.1, 0.15) is 11.4 Å². The van der Waals surface area contributed by atoms with Gasteiger partial charge in [0.05, 0.1) is 17.2 Å². The number of rotatable bonds is 7. The summed E-state index contributed by atoms with van der Waals surface area (Å²) in [5, 5.41) is 9.96. The molecule has 0 aliphatic carbocycles. The third kappa shape index (κ3) is 4.23. The molecule has 0 aliphatic rings. The molecule has 0 saturated heterocycles. The van der Waals surface area contributed by atoms with E-state index in [4.69, 9.17) is 10.2 Å². The van der Waals surface area contributed by atoms with Crippen LogP contribution in [0.25, 0.3) is 10.8 Å². The molecule has 0 spiro atoms. The molecule has 3 aromatic heterocycles. The van der Waals surface area contributed by atoms with Gasteiger partial charge in [0.15, 0.2) is 5.78 Å². The summed E-state index contributed by atoms with van der Waals surface area (Å²) in [5.74, 6) is -0.473. The Hall–Kier alpha value is -3.44. The Labute approximate surface area is 184 Å². The minimum atomic E-state index is -0.734. The molecule has 0 radical (unpaired) electrons. The number of Topliss-reactive ketones (excluding diaryl/α,β-unsaturated/α-hetero) is 1. The molecule has 0 aliphatic heterocycles. The lowest BCUT2D eigenvalue weighted by molar-refractivity contribution is 0.102. The van der Waals surface area contributed by atoms with Gasteiger partial charge in [0.25, 0.3) is 16.7 Å². The fraction of sp³-hybridized carbons (Fsp3) is 0.150. The maximum absolute atomic E-state index is 12.8. The van der Waals surface area contributed by atoms with Crippen LogP contribution in [-0.4, -0.2) is 30.9 Å². The maximum atomic E-state index is 12.8. The third-order valence-electron chi connectivity index (χ3n) is 4.51. The number of ketones is 1. The van der Waals surface area contributed by atoms with E-state index >= 15 is 0 Å². The molecule has 4 aromatic rings. The van der Waals surface area contributed by atoms with E-state index in [2.05, 4.69) is 10.2 Å². The van der Waals surface area contributed by atoms with Crippen LogP contribution in [0.2, 0.25) is 0 Å². The van der Waals surface area contributed by atoms with Gasteiger partial charge in [0, 0.05) is 7.05 Å². The first kappa shape index (κ1) is 20.8. The average Bonchev–Trinajstić information content (AvgIpc) is 3.46. The number of nitrogens with two attached hydrogens (primary N) is 1. The molecule has 0 saturated carbocycles. The standard InChI is InChI=1S/C20H17N5O4S2/c1-24-18(27)15(16(21)25(20(24)28)10-12-6-3-2-4-7-12)13(26)11-31-19-23-22-17(29-19)14-8-5-9-30-14/h2-9H,10-11,21H2,1H3. The quantitative estimate of drug-likeness (QED) is 0.332. The van der Waals surface area contributed by atoms with Crippen molar-refractivity contribution in [1.82, 2.24) is 19.3 Å². The largest absolute Gasteiger partial charge is 0.410 e. The lowest BCUT2D eigenvalue weighted by Crippen LogP contribution is -2.43. The summed E-state index contributed by atoms with van der Waals surface area (Å²) >= 11 is 2.46. The van der Waals surface area contributed by atoms with E-state index in [-0.39, 0.29) is 28.9 Å². The fourth-order valence-electron chi connectivity index (χ4n) is 2.93. The van der Waals surface area contributed by atoms with Crippen LogP contribution in [0.15, 0.2) is 67.1 Å². The molecular weight excluding hydrogens is 438 g/mol. The van der Waals surface area contributed by atoms with Gasteiger partial charge in [0.2, 0.25) is 0 Å². The molecule has 3 heterocycles. The van der Waals surface area contributed by atoms with Crippen molar-refractivity contribution >= 4 is 34.7 Å². The summed E-state index contributed by atoms with van der Waals surface area (Å²) < 4.78 is 7.66. The Morgan fingerprint density at radius 1 is 1.16 bits per heavy atom. The van der Waals surface area contributed by atoms with Gasteiger partial charge in [-0.15, -0.1) is 21.5 Å². The van der Waals surface area contributed by atoms with E-state index in [0.29, 0.717) is 5.89 Å². The molecule has 0 atom stereocenters. The Kier molecular flexibility index (Phi) is 5.87. The van der Waals surface area contributed by atoms with Crippen molar-refractivity contribution in [3.05, 3.63) is 79.8 Å². The Bertz CT molecular complexity index is 1340. The van der Waals surface area contributed by atoms with Gasteiger partial charge in [-0.25, -0.2) is 4.79 Å². The van der Waals surface area contributed by atoms with Gasteiger partial charge in [-0.1, -0.05) is 48.2 Å². The second kappa shape index (κ2) is 8.74. The summed E-state index contributed by atoms with van der Waals surface area (Å²) in [4.78, 5) is 38.9. The van der Waals surface area contributed by atoms with Crippen LogP contribution < -0.4 is 17.0 Å². The van der Waals surface area contributed by atoms with E-state index in [9.17, 15) is 14.4 Å². The predicted octanol–water partition coefficient (Wildman–Crippen LogP) is 2.26. The van der Waals surface area contributed by atoms with Gasteiger partial charge in [-0.05, 0) is 17.0 Å². The van der Waals surface area contributed by atoms with Crippen molar-refractivity contribution in [2.75, 3.05) is 11.5 Å². The summed E-state index contributed by atoms with van der Waals surface area (Å²) in [7, 11) is 1.32. The molecule has 4 rings (SSSR count). The van der Waals surface area contributed by atoms with Crippen molar-refractivity contribution in [3.8, 4) is 10.8 Å². The SMILES string of the molecule is Cn1c(=O)c(C(=O)CSc2nnc(-c3cccs3)o2)c(N)n(Cc2ccccc2)c1=O. The van der Waals surface area contributed by atoms with Crippen molar-refractivity contribution in [3.63, 3.8) is 0 Å². The summed E-state index contributed by atoms with van der Waals surface area (Å²) in [6.07, 6.45) is 0. The minimum absolute atomic E-state index is 0.140. The van der Waals surface area contributed by atoms with Gasteiger partial charge >= 0.3 is 5.69 Å². The smallest absolute Gasteiger partial charge is 0.332 e. The number of anilines is 1. The lowest BCUT2D eigenvalue weighted by atomic mass is 10.2. The zero-order valence-corrected chi connectivity index (χ0v) is 18.0. The number of hydrogen-bond acceptors (Lipinski definition) is 9. The Morgan fingerprint density at radius 2 is 1.94 bits per heavy atom. The van der Waals surface area contributed by atoms with Crippen molar-refractivity contribution in [1.29, 1.82) is 0 Å². The highest BCUT2D eigenvalue weighted by Gasteiger charge is 2.22. The van der Waals surface area contributed by atoms with Crippen LogP contribution in [-0.2, 0) is 13.6 Å². The molecule has 0 bridgehead atoms. The molecule has 0 amide bonds. The van der Waals surface area contributed by atoms with Crippen molar-refractivity contribution in [2.24, 2.45) is 7.05 Å². The number of nitrogens with zero attached hydrogens (tertiary/aromatic N) is 4. The average molecular weight is 456 g/mol. The van der Waals surface area contributed by atoms with Gasteiger partial charge < -0.3 is 10.2 Å². The predicted molar refractivity (Wildman–Crippen MR) is 119 cm³/mol. The Balaban J connectivity index is 1.59. The number of benzene rings is 1. The number of thiophene rings is 1. The van der Waals surface area contributed by atoms with E-state index in [1.807, 2.05) is 47.8 Å². The fourth-order valence-corrected chi connectivity index (χ4v) is 4.21. The van der Waals surface area contributed by atoms with E-state index in [0.717, 1.165) is 26.8 Å². The zero-order chi connectivity index (χ0) is 22.0. The lowest BCUT2D eigenvalue weighted by Gasteiger charge is -2.14. The van der Waals surface area contributed by atoms with Crippen LogP contribution in [0.5, 0.6) is 0 Å². The number of thioether (sulfide) groups is 1. The van der Waals surface area contributed by atoms with Gasteiger partial charge in [-0.2, -0.15) is 0 Å². The first-order chi connectivity index (χ1) is 15.0. The summed E-state index contributed by atoms with van der Waals surface area (Å²) in [6.45, 7) is 0.140. The van der Waals surface area contributed by atoms with E-state index in [1.165, 1.54) is 23.0 Å². The maximum Gasteiger partial charge on any atom is 0.332 e. The van der Waals surface area contributed by atoms with Crippen LogP contribution in [0, 0.1) is 0 Å². The van der Waals surface area contributed by atoms with Gasteiger partial charge in [-0.3, -0.25) is 18.7 Å².